The molecule has 0 fully saturated rings. The molecule has 0 spiro atoms. The molecule has 0 aliphatic rings. The van der Waals surface area contributed by atoms with Crippen LogP contribution in [0.1, 0.15) is 150 Å². The molecule has 0 atom stereocenters. The van der Waals surface area contributed by atoms with Crippen molar-refractivity contribution in [1.82, 2.24) is 0 Å². The fraction of sp³-hybridized carbons (Fsp3) is 0.364. The van der Waals surface area contributed by atoms with Crippen LogP contribution in [0.4, 0.5) is 34.1 Å². The topological polar surface area (TPSA) is 72.2 Å². The smallest absolute Gasteiger partial charge is 0.411 e. The van der Waals surface area contributed by atoms with E-state index in [9.17, 15) is 0 Å². The van der Waals surface area contributed by atoms with Crippen molar-refractivity contribution in [3.05, 3.63) is 176 Å². The molecule has 0 heterocycles. The molecule has 6 nitrogen and oxygen atoms in total. The molecule has 0 aromatic heterocycles. The van der Waals surface area contributed by atoms with Crippen molar-refractivity contribution in [1.29, 1.82) is 0 Å². The van der Waals surface area contributed by atoms with Crippen LogP contribution in [0.3, 0.4) is 0 Å². The van der Waals surface area contributed by atoms with Crippen LogP contribution in [-0.2, 0) is 174 Å². The third kappa shape index (κ3) is 30.2. The van der Waals surface area contributed by atoms with E-state index in [1.54, 1.807) is 0 Å². The van der Waals surface area contributed by atoms with E-state index in [4.69, 9.17) is 149 Å². The average Bonchev–Trinajstić information content (AvgIpc) is 3.66. The van der Waals surface area contributed by atoms with Crippen molar-refractivity contribution in [2.75, 3.05) is 31.9 Å². The number of aryl methyl sites for hydroxylation is 6. The van der Waals surface area contributed by atoms with Crippen molar-refractivity contribution in [3.63, 3.8) is 0 Å². The zero-order valence-corrected chi connectivity index (χ0v) is 63.0. The van der Waals surface area contributed by atoms with Crippen molar-refractivity contribution in [2.45, 2.75) is 160 Å². The molecule has 0 saturated heterocycles. The largest absolute Gasteiger partial charge is 6.00 e. The monoisotopic (exact) mass is 1440 g/mol. The first-order valence-corrected chi connectivity index (χ1v) is 33.5. The molecule has 0 radical (unpaired) electrons. The van der Waals surface area contributed by atoms with E-state index in [0.717, 1.165) is 111 Å². The Morgan fingerprint density at radius 3 is 0.435 bits per heavy atom. The minimum absolute atomic E-state index is 0. The Labute approximate surface area is 591 Å². The van der Waals surface area contributed by atoms with Gasteiger partial charge in [0.05, 0.1) is 0 Å². The van der Waals surface area contributed by atoms with Crippen LogP contribution in [0.2, 0.25) is 0 Å². The number of rotatable bonds is 18. The van der Waals surface area contributed by atoms with Gasteiger partial charge in [-0.2, -0.15) is 0 Å². The fourth-order valence-corrected chi connectivity index (χ4v) is 11.0. The number of hydrogen-bond acceptors (Lipinski definition) is 12. The number of thiocarbonyl (C=S) groups is 6. The summed E-state index contributed by atoms with van der Waals surface area (Å²) in [5.74, 6) is 0. The Kier molecular flexibility index (Phi) is 44.9. The van der Waals surface area contributed by atoms with Crippen LogP contribution >= 0.6 is 73.3 Å². The van der Waals surface area contributed by atoms with E-state index in [0.29, 0.717) is 25.9 Å². The van der Waals surface area contributed by atoms with Crippen LogP contribution in [-0.4, -0.2) is 25.9 Å². The van der Waals surface area contributed by atoms with Crippen LogP contribution in [0.25, 0.3) is 0 Å². The van der Waals surface area contributed by atoms with Gasteiger partial charge >= 0.3 is 21.1 Å². The van der Waals surface area contributed by atoms with Gasteiger partial charge in [-0.3, -0.25) is 0 Å². The number of anilines is 6. The molecule has 0 aliphatic heterocycles. The maximum Gasteiger partial charge on any atom is 6.00 e. The molecule has 0 aliphatic carbocycles. The SMILES string of the molecule is CCc1cccc(NC(=S)[S-])c1CC.CCc1cccc(NC(=S)[S-])c1CC.CCc1cccc(NC(=S)[S-])c1CC.CCc1cccc(NC(=S)[S-])c1CC.CCc1cccc(NC(=S)[S-])c1CC.CCc1cccc(NC(=S)[S-])c1CC.[Mo+6]. The predicted molar refractivity (Wildman–Crippen MR) is 413 cm³/mol. The van der Waals surface area contributed by atoms with Crippen molar-refractivity contribution < 1.29 is 21.1 Å². The summed E-state index contributed by atoms with van der Waals surface area (Å²) in [6.45, 7) is 25.8. The third-order valence-electron chi connectivity index (χ3n) is 13.5. The van der Waals surface area contributed by atoms with Gasteiger partial charge in [-0.1, -0.05) is 182 Å². The van der Waals surface area contributed by atoms with Crippen LogP contribution < -0.4 is 31.9 Å². The fourth-order valence-electron chi connectivity index (χ4n) is 9.66. The van der Waals surface area contributed by atoms with E-state index in [1.807, 2.05) is 72.8 Å². The quantitative estimate of drug-likeness (QED) is 0.0281. The van der Waals surface area contributed by atoms with Crippen LogP contribution in [0, 0.1) is 0 Å². The second-order valence-electron chi connectivity index (χ2n) is 18.4. The minimum atomic E-state index is 0. The molecule has 85 heavy (non-hydrogen) atoms. The Bertz CT molecular complexity index is 2540. The van der Waals surface area contributed by atoms with E-state index < -0.39 is 0 Å². The molecule has 19 heteroatoms. The van der Waals surface area contributed by atoms with Crippen LogP contribution in [0.5, 0.6) is 0 Å². The molecule has 6 N–H and O–H groups in total. The van der Waals surface area contributed by atoms with Gasteiger partial charge in [0.15, 0.2) is 0 Å². The summed E-state index contributed by atoms with van der Waals surface area (Å²) in [7, 11) is 0. The third-order valence-corrected chi connectivity index (χ3v) is 14.7. The Balaban J connectivity index is 0.000000994. The van der Waals surface area contributed by atoms with Crippen LogP contribution in [0.15, 0.2) is 109 Å². The van der Waals surface area contributed by atoms with Gasteiger partial charge < -0.3 is 181 Å². The van der Waals surface area contributed by atoms with Gasteiger partial charge in [0.2, 0.25) is 0 Å². The first-order chi connectivity index (χ1) is 40.1. The summed E-state index contributed by atoms with van der Waals surface area (Å²) in [5, 5.41) is 18.3. The van der Waals surface area contributed by atoms with Gasteiger partial charge in [-0.05, 0) is 180 Å². The average molecular weight is 1440 g/mol. The molecule has 456 valence electrons. The van der Waals surface area contributed by atoms with Crippen molar-refractivity contribution in [3.8, 4) is 0 Å². The Hall–Kier alpha value is -3.33. The zero-order valence-electron chi connectivity index (χ0n) is 51.2. The van der Waals surface area contributed by atoms with E-state index in [-0.39, 0.29) is 21.1 Å². The second-order valence-corrected chi connectivity index (χ2v) is 24.8. The zero-order chi connectivity index (χ0) is 63.3. The maximum atomic E-state index is 4.87. The molecule has 0 bridgehead atoms. The second kappa shape index (κ2) is 46.7. The summed E-state index contributed by atoms with van der Waals surface area (Å²) in [6.07, 6.45) is 12.3. The van der Waals surface area contributed by atoms with Crippen molar-refractivity contribution in [2.24, 2.45) is 0 Å². The first kappa shape index (κ1) is 81.7. The molecular weight excluding hydrogens is 1360 g/mol. The van der Waals surface area contributed by atoms with Gasteiger partial charge in [0, 0.05) is 34.1 Å². The molecule has 0 unspecified atom stereocenters. The summed E-state index contributed by atoms with van der Waals surface area (Å²) < 4.78 is 2.46. The number of benzene rings is 6. The van der Waals surface area contributed by atoms with Crippen molar-refractivity contribution >= 4 is 209 Å². The normalized spacial score (nSPS) is 9.74. The van der Waals surface area contributed by atoms with Gasteiger partial charge in [0.25, 0.3) is 0 Å². The summed E-state index contributed by atoms with van der Waals surface area (Å²) in [6, 6.07) is 37.3. The summed E-state index contributed by atoms with van der Waals surface area (Å²) in [5.41, 5.74) is 22.5. The number of nitrogens with one attached hydrogen (secondary N) is 6. The maximum absolute atomic E-state index is 4.87. The molecule has 6 rings (SSSR count). The van der Waals surface area contributed by atoms with E-state index in [2.05, 4.69) is 151 Å². The Morgan fingerprint density at radius 2 is 0.353 bits per heavy atom. The van der Waals surface area contributed by atoms with Gasteiger partial charge in [0.1, 0.15) is 0 Å². The first-order valence-electron chi connectivity index (χ1n) is 28.6. The summed E-state index contributed by atoms with van der Waals surface area (Å²) >= 11 is 58.4. The number of hydrogen-bond donors (Lipinski definition) is 6. The van der Waals surface area contributed by atoms with E-state index >= 15 is 0 Å². The summed E-state index contributed by atoms with van der Waals surface area (Å²) in [4.78, 5) is 0. The van der Waals surface area contributed by atoms with Gasteiger partial charge in [-0.15, -0.1) is 0 Å². The molecule has 0 amide bonds. The molecule has 6 aromatic rings. The van der Waals surface area contributed by atoms with E-state index in [1.165, 1.54) is 66.8 Å². The molecule has 6 aromatic carbocycles. The predicted octanol–water partition coefficient (Wildman–Crippen LogP) is 18.3. The Morgan fingerprint density at radius 1 is 0.235 bits per heavy atom. The molecular formula is C66H84MoN6S12. The van der Waals surface area contributed by atoms with Gasteiger partial charge in [-0.25, -0.2) is 0 Å². The molecule has 0 saturated carbocycles. The standard InChI is InChI=1S/6C11H15NS2.Mo/c6*1-3-8-6-5-7-10(9(8)4-2)12-11(13)14;/h6*5-7H,3-4H2,1-2H3,(H2,12,13,14);/q;;;;;;+6/p-6. The minimum Gasteiger partial charge on any atom is -0.411 e.